The molecule has 0 amide bonds. The summed E-state index contributed by atoms with van der Waals surface area (Å²) in [7, 11) is 2.04. The molecule has 1 nitrogen and oxygen atoms in total. The van der Waals surface area contributed by atoms with Crippen LogP contribution >= 0.6 is 0 Å². The van der Waals surface area contributed by atoms with Crippen molar-refractivity contribution in [3.8, 4) is 0 Å². The third kappa shape index (κ3) is 4.80. The molecule has 0 heterocycles. The van der Waals surface area contributed by atoms with Crippen molar-refractivity contribution in [2.45, 2.75) is 46.1 Å². The summed E-state index contributed by atoms with van der Waals surface area (Å²) in [6.45, 7) is 6.98. The van der Waals surface area contributed by atoms with Crippen molar-refractivity contribution in [1.29, 1.82) is 0 Å². The third-order valence-electron chi connectivity index (χ3n) is 3.28. The summed E-state index contributed by atoms with van der Waals surface area (Å²) in [5, 5.41) is 3.32. The molecule has 90 valence electrons. The van der Waals surface area contributed by atoms with Gasteiger partial charge in [0.05, 0.1) is 0 Å². The summed E-state index contributed by atoms with van der Waals surface area (Å²) in [4.78, 5) is 0. The molecule has 1 aromatic carbocycles. The predicted molar refractivity (Wildman–Crippen MR) is 71.7 cm³/mol. The van der Waals surface area contributed by atoms with Crippen LogP contribution in [0.4, 0.5) is 0 Å². The topological polar surface area (TPSA) is 12.0 Å². The van der Waals surface area contributed by atoms with Gasteiger partial charge in [-0.3, -0.25) is 0 Å². The smallest absolute Gasteiger partial charge is 0.00408 e. The number of hydrogen-bond acceptors (Lipinski definition) is 1. The second kappa shape index (κ2) is 6.05. The summed E-state index contributed by atoms with van der Waals surface area (Å²) in [5.74, 6) is 0. The van der Waals surface area contributed by atoms with E-state index in [1.807, 2.05) is 7.05 Å². The molecule has 1 N–H and O–H groups in total. The van der Waals surface area contributed by atoms with Crippen LogP contribution in [0.3, 0.4) is 0 Å². The van der Waals surface area contributed by atoms with Crippen LogP contribution in [0.5, 0.6) is 0 Å². The zero-order valence-electron chi connectivity index (χ0n) is 11.1. The lowest BCUT2D eigenvalue weighted by atomic mass is 9.81. The first-order valence-electron chi connectivity index (χ1n) is 6.25. The average molecular weight is 219 g/mol. The predicted octanol–water partition coefficient (Wildman–Crippen LogP) is 3.64. The monoisotopic (exact) mass is 219 g/mol. The van der Waals surface area contributed by atoms with Gasteiger partial charge in [-0.1, -0.05) is 44.2 Å². The first kappa shape index (κ1) is 13.2. The Bertz CT molecular complexity index is 290. The highest BCUT2D eigenvalue weighted by Gasteiger charge is 2.20. The highest BCUT2D eigenvalue weighted by Crippen LogP contribution is 2.28. The van der Waals surface area contributed by atoms with Crippen molar-refractivity contribution in [3.05, 3.63) is 35.9 Å². The fourth-order valence-corrected chi connectivity index (χ4v) is 2.16. The Kier molecular flexibility index (Phi) is 5.01. The highest BCUT2D eigenvalue weighted by molar-refractivity contribution is 5.14. The zero-order valence-corrected chi connectivity index (χ0v) is 11.1. The zero-order chi connectivity index (χ0) is 12.0. The maximum Gasteiger partial charge on any atom is 0.00408 e. The second-order valence-electron chi connectivity index (χ2n) is 5.54. The van der Waals surface area contributed by atoms with Crippen LogP contribution < -0.4 is 5.32 Å². The van der Waals surface area contributed by atoms with Crippen molar-refractivity contribution in [2.75, 3.05) is 7.05 Å². The van der Waals surface area contributed by atoms with Crippen LogP contribution in [0.25, 0.3) is 0 Å². The van der Waals surface area contributed by atoms with Gasteiger partial charge in [0.2, 0.25) is 0 Å². The van der Waals surface area contributed by atoms with E-state index >= 15 is 0 Å². The lowest BCUT2D eigenvalue weighted by molar-refractivity contribution is 0.274. The molecule has 0 aliphatic carbocycles. The van der Waals surface area contributed by atoms with Gasteiger partial charge in [-0.05, 0) is 44.2 Å². The molecule has 1 atom stereocenters. The largest absolute Gasteiger partial charge is 0.317 e. The summed E-state index contributed by atoms with van der Waals surface area (Å²) in [5.41, 5.74) is 1.87. The minimum Gasteiger partial charge on any atom is -0.317 e. The second-order valence-corrected chi connectivity index (χ2v) is 5.54. The van der Waals surface area contributed by atoms with Gasteiger partial charge in [-0.2, -0.15) is 0 Å². The van der Waals surface area contributed by atoms with E-state index in [1.54, 1.807) is 0 Å². The van der Waals surface area contributed by atoms with Gasteiger partial charge < -0.3 is 5.32 Å². The van der Waals surface area contributed by atoms with Gasteiger partial charge >= 0.3 is 0 Å². The fraction of sp³-hybridized carbons (Fsp3) is 0.600. The summed E-state index contributed by atoms with van der Waals surface area (Å²) in [6.07, 6.45) is 3.67. The molecule has 1 rings (SSSR count). The number of nitrogens with one attached hydrogen (secondary N) is 1. The lowest BCUT2D eigenvalue weighted by Gasteiger charge is -2.28. The van der Waals surface area contributed by atoms with Crippen molar-refractivity contribution < 1.29 is 0 Å². The quantitative estimate of drug-likeness (QED) is 0.770. The Morgan fingerprint density at radius 2 is 1.81 bits per heavy atom. The van der Waals surface area contributed by atoms with Gasteiger partial charge in [0, 0.05) is 6.04 Å². The molecule has 1 aromatic rings. The van der Waals surface area contributed by atoms with E-state index in [0.717, 1.165) is 0 Å². The van der Waals surface area contributed by atoms with Gasteiger partial charge in [0.1, 0.15) is 0 Å². The molecule has 0 fully saturated rings. The Labute approximate surface area is 100 Å². The van der Waals surface area contributed by atoms with E-state index in [0.29, 0.717) is 11.5 Å². The first-order chi connectivity index (χ1) is 7.53. The number of rotatable bonds is 6. The van der Waals surface area contributed by atoms with Gasteiger partial charge in [-0.25, -0.2) is 0 Å². The van der Waals surface area contributed by atoms with Crippen molar-refractivity contribution in [2.24, 2.45) is 5.41 Å². The standard InChI is InChI=1S/C15H25N/c1-13(16-4)12-15(2,3)11-10-14-8-6-5-7-9-14/h5-9,13,16H,10-12H2,1-4H3. The van der Waals surface area contributed by atoms with E-state index in [2.05, 4.69) is 56.4 Å². The summed E-state index contributed by atoms with van der Waals surface area (Å²) < 4.78 is 0. The maximum atomic E-state index is 3.32. The van der Waals surface area contributed by atoms with Crippen LogP contribution in [0, 0.1) is 5.41 Å². The Morgan fingerprint density at radius 1 is 1.19 bits per heavy atom. The molecule has 0 aliphatic heterocycles. The minimum absolute atomic E-state index is 0.415. The van der Waals surface area contributed by atoms with Crippen molar-refractivity contribution in [3.63, 3.8) is 0 Å². The molecule has 0 saturated carbocycles. The molecular formula is C15H25N. The van der Waals surface area contributed by atoms with E-state index in [1.165, 1.54) is 24.8 Å². The Morgan fingerprint density at radius 3 is 2.38 bits per heavy atom. The normalized spacial score (nSPS) is 13.8. The Balaban J connectivity index is 2.41. The SMILES string of the molecule is CNC(C)CC(C)(C)CCc1ccccc1. The highest BCUT2D eigenvalue weighted by atomic mass is 14.9. The van der Waals surface area contributed by atoms with Gasteiger partial charge in [0.15, 0.2) is 0 Å². The fourth-order valence-electron chi connectivity index (χ4n) is 2.16. The third-order valence-corrected chi connectivity index (χ3v) is 3.28. The number of hydrogen-bond donors (Lipinski definition) is 1. The van der Waals surface area contributed by atoms with Crippen LogP contribution in [0.2, 0.25) is 0 Å². The van der Waals surface area contributed by atoms with Gasteiger partial charge in [-0.15, -0.1) is 0 Å². The minimum atomic E-state index is 0.415. The van der Waals surface area contributed by atoms with Crippen LogP contribution in [-0.2, 0) is 6.42 Å². The van der Waals surface area contributed by atoms with E-state index < -0.39 is 0 Å². The molecule has 0 aliphatic rings. The van der Waals surface area contributed by atoms with Crippen LogP contribution in [0.15, 0.2) is 30.3 Å². The average Bonchev–Trinajstić information content (AvgIpc) is 2.27. The summed E-state index contributed by atoms with van der Waals surface area (Å²) in [6, 6.07) is 11.4. The van der Waals surface area contributed by atoms with Crippen molar-refractivity contribution in [1.82, 2.24) is 5.32 Å². The summed E-state index contributed by atoms with van der Waals surface area (Å²) >= 11 is 0. The van der Waals surface area contributed by atoms with Gasteiger partial charge in [0.25, 0.3) is 0 Å². The molecule has 0 radical (unpaired) electrons. The van der Waals surface area contributed by atoms with E-state index in [4.69, 9.17) is 0 Å². The Hall–Kier alpha value is -0.820. The number of benzene rings is 1. The first-order valence-corrected chi connectivity index (χ1v) is 6.25. The van der Waals surface area contributed by atoms with Crippen LogP contribution in [0.1, 0.15) is 39.2 Å². The molecule has 0 bridgehead atoms. The molecule has 1 unspecified atom stereocenters. The molecule has 0 saturated heterocycles. The lowest BCUT2D eigenvalue weighted by Crippen LogP contribution is -2.28. The molecule has 1 heteroatoms. The maximum absolute atomic E-state index is 3.32. The van der Waals surface area contributed by atoms with E-state index in [9.17, 15) is 0 Å². The number of aryl methyl sites for hydroxylation is 1. The molecule has 0 spiro atoms. The molecule has 16 heavy (non-hydrogen) atoms. The van der Waals surface area contributed by atoms with Crippen LogP contribution in [-0.4, -0.2) is 13.1 Å². The molecular weight excluding hydrogens is 194 g/mol. The van der Waals surface area contributed by atoms with Crippen molar-refractivity contribution >= 4 is 0 Å². The molecule has 0 aromatic heterocycles. The van der Waals surface area contributed by atoms with E-state index in [-0.39, 0.29) is 0 Å².